The van der Waals surface area contributed by atoms with Crippen LogP contribution in [0.4, 0.5) is 11.4 Å². The number of nitrogens with two attached hydrogens (primary N) is 1. The number of benzene rings is 1. The number of fused-ring (bicyclic) bond motifs is 1. The first-order chi connectivity index (χ1) is 8.62. The summed E-state index contributed by atoms with van der Waals surface area (Å²) in [7, 11) is 0. The minimum absolute atomic E-state index is 0.238. The Morgan fingerprint density at radius 1 is 1.50 bits per heavy atom. The molecule has 2 aliphatic heterocycles. The molecule has 1 aromatic carbocycles. The fourth-order valence-corrected chi connectivity index (χ4v) is 4.18. The predicted octanol–water partition coefficient (Wildman–Crippen LogP) is 2.44. The van der Waals surface area contributed by atoms with Gasteiger partial charge in [-0.2, -0.15) is 0 Å². The molecule has 96 valence electrons. The van der Waals surface area contributed by atoms with Gasteiger partial charge in [-0.25, -0.2) is 0 Å². The Balaban J connectivity index is 1.95. The first-order valence-electron chi connectivity index (χ1n) is 6.45. The summed E-state index contributed by atoms with van der Waals surface area (Å²) in [5.41, 5.74) is 8.93. The highest BCUT2D eigenvalue weighted by Crippen LogP contribution is 2.43. The summed E-state index contributed by atoms with van der Waals surface area (Å²) in [4.78, 5) is 14.6. The van der Waals surface area contributed by atoms with E-state index >= 15 is 0 Å². The average Bonchev–Trinajstić information content (AvgIpc) is 2.96. The van der Waals surface area contributed by atoms with Crippen molar-refractivity contribution in [3.05, 3.63) is 23.8 Å². The monoisotopic (exact) mass is 262 g/mol. The molecular formula is C14H18N2OS. The van der Waals surface area contributed by atoms with Crippen molar-refractivity contribution in [3.8, 4) is 0 Å². The lowest BCUT2D eigenvalue weighted by Gasteiger charge is -2.29. The van der Waals surface area contributed by atoms with Crippen LogP contribution < -0.4 is 10.6 Å². The minimum atomic E-state index is -0.246. The molecule has 1 atom stereocenters. The Bertz CT molecular complexity index is 495. The number of nitrogens with zero attached hydrogens (tertiary/aromatic N) is 1. The van der Waals surface area contributed by atoms with Crippen LogP contribution in [0.5, 0.6) is 0 Å². The summed E-state index contributed by atoms with van der Waals surface area (Å²) in [5, 5.41) is 0. The summed E-state index contributed by atoms with van der Waals surface area (Å²) in [6.07, 6.45) is 3.04. The van der Waals surface area contributed by atoms with Crippen molar-refractivity contribution in [2.75, 3.05) is 22.9 Å². The predicted molar refractivity (Wildman–Crippen MR) is 77.0 cm³/mol. The molecule has 2 heterocycles. The quantitative estimate of drug-likeness (QED) is 0.791. The fourth-order valence-electron chi connectivity index (χ4n) is 2.92. The van der Waals surface area contributed by atoms with E-state index in [9.17, 15) is 4.79 Å². The second kappa shape index (κ2) is 4.19. The molecule has 1 fully saturated rings. The average molecular weight is 262 g/mol. The van der Waals surface area contributed by atoms with Gasteiger partial charge in [0.2, 0.25) is 5.91 Å². The van der Waals surface area contributed by atoms with Crippen LogP contribution in [0.2, 0.25) is 0 Å². The first kappa shape index (κ1) is 11.9. The van der Waals surface area contributed by atoms with Gasteiger partial charge in [0, 0.05) is 6.54 Å². The first-order valence-corrected chi connectivity index (χ1v) is 7.44. The molecule has 0 spiro atoms. The molecule has 0 aliphatic carbocycles. The Labute approximate surface area is 112 Å². The number of carbonyl (C=O) groups excluding carboxylic acids is 1. The summed E-state index contributed by atoms with van der Waals surface area (Å²) < 4.78 is -0.246. The van der Waals surface area contributed by atoms with Crippen molar-refractivity contribution >= 4 is 29.0 Å². The number of thioether (sulfide) groups is 1. The van der Waals surface area contributed by atoms with Crippen LogP contribution in [0.25, 0.3) is 0 Å². The number of hydrogen-bond acceptors (Lipinski definition) is 3. The molecule has 3 nitrogen and oxygen atoms in total. The van der Waals surface area contributed by atoms with Crippen LogP contribution in [0.15, 0.2) is 18.2 Å². The van der Waals surface area contributed by atoms with Crippen molar-refractivity contribution in [2.24, 2.45) is 0 Å². The number of nitrogen functional groups attached to an aromatic ring is 1. The smallest absolute Gasteiger partial charge is 0.243 e. The summed E-state index contributed by atoms with van der Waals surface area (Å²) in [6, 6.07) is 5.92. The van der Waals surface area contributed by atoms with Gasteiger partial charge in [-0.05, 0) is 43.6 Å². The molecule has 2 N–H and O–H groups in total. The molecule has 1 amide bonds. The number of amides is 1. The number of para-hydroxylation sites is 1. The van der Waals surface area contributed by atoms with Crippen molar-refractivity contribution < 1.29 is 4.79 Å². The van der Waals surface area contributed by atoms with E-state index in [4.69, 9.17) is 5.73 Å². The highest BCUT2D eigenvalue weighted by molar-refractivity contribution is 8.01. The van der Waals surface area contributed by atoms with E-state index in [1.165, 1.54) is 5.56 Å². The van der Waals surface area contributed by atoms with Crippen LogP contribution in [0.1, 0.15) is 25.3 Å². The van der Waals surface area contributed by atoms with Gasteiger partial charge in [0.15, 0.2) is 0 Å². The molecule has 0 aromatic heterocycles. The molecule has 1 saturated heterocycles. The highest BCUT2D eigenvalue weighted by atomic mass is 32.2. The van der Waals surface area contributed by atoms with Crippen molar-refractivity contribution in [3.63, 3.8) is 0 Å². The maximum Gasteiger partial charge on any atom is 0.243 e. The minimum Gasteiger partial charge on any atom is -0.397 e. The lowest BCUT2D eigenvalue weighted by molar-refractivity contribution is -0.120. The van der Waals surface area contributed by atoms with Gasteiger partial charge in [0.05, 0.1) is 16.1 Å². The molecule has 0 bridgehead atoms. The van der Waals surface area contributed by atoms with E-state index in [0.717, 1.165) is 42.9 Å². The zero-order valence-electron chi connectivity index (χ0n) is 10.6. The molecule has 0 saturated carbocycles. The standard InChI is InChI=1S/C14H18N2OS/c1-14(7-3-9-18-14)13(17)16-8-6-10-4-2-5-11(15)12(10)16/h2,4-5H,3,6-9,15H2,1H3. The molecule has 1 unspecified atom stereocenters. The van der Waals surface area contributed by atoms with Crippen LogP contribution in [-0.2, 0) is 11.2 Å². The topological polar surface area (TPSA) is 46.3 Å². The SMILES string of the molecule is CC1(C(=O)N2CCc3cccc(N)c32)CCCS1. The molecule has 18 heavy (non-hydrogen) atoms. The molecule has 0 radical (unpaired) electrons. The van der Waals surface area contributed by atoms with E-state index in [1.54, 1.807) is 11.8 Å². The molecule has 3 rings (SSSR count). The Kier molecular flexibility index (Phi) is 2.77. The van der Waals surface area contributed by atoms with Crippen LogP contribution in [0.3, 0.4) is 0 Å². The summed E-state index contributed by atoms with van der Waals surface area (Å²) >= 11 is 1.79. The van der Waals surface area contributed by atoms with Crippen molar-refractivity contribution in [1.29, 1.82) is 0 Å². The van der Waals surface area contributed by atoms with Gasteiger partial charge < -0.3 is 10.6 Å². The van der Waals surface area contributed by atoms with E-state index < -0.39 is 0 Å². The Morgan fingerprint density at radius 3 is 3.06 bits per heavy atom. The highest BCUT2D eigenvalue weighted by Gasteiger charge is 2.42. The largest absolute Gasteiger partial charge is 0.397 e. The zero-order chi connectivity index (χ0) is 12.8. The van der Waals surface area contributed by atoms with Gasteiger partial charge in [0.1, 0.15) is 0 Å². The normalized spacial score (nSPS) is 26.4. The van der Waals surface area contributed by atoms with E-state index in [2.05, 4.69) is 13.0 Å². The number of anilines is 2. The van der Waals surface area contributed by atoms with Crippen LogP contribution in [-0.4, -0.2) is 23.0 Å². The fraction of sp³-hybridized carbons (Fsp3) is 0.500. The molecule has 2 aliphatic rings. The van der Waals surface area contributed by atoms with Crippen molar-refractivity contribution in [2.45, 2.75) is 30.9 Å². The summed E-state index contributed by atoms with van der Waals surface area (Å²) in [5.74, 6) is 1.33. The third-order valence-electron chi connectivity index (χ3n) is 3.94. The van der Waals surface area contributed by atoms with E-state index in [-0.39, 0.29) is 10.7 Å². The lowest BCUT2D eigenvalue weighted by atomic mass is 10.0. The van der Waals surface area contributed by atoms with Gasteiger partial charge in [0.25, 0.3) is 0 Å². The van der Waals surface area contributed by atoms with Crippen LogP contribution in [0, 0.1) is 0 Å². The molecular weight excluding hydrogens is 244 g/mol. The van der Waals surface area contributed by atoms with E-state index in [0.29, 0.717) is 0 Å². The van der Waals surface area contributed by atoms with Crippen LogP contribution >= 0.6 is 11.8 Å². The van der Waals surface area contributed by atoms with E-state index in [1.807, 2.05) is 17.0 Å². The third-order valence-corrected chi connectivity index (χ3v) is 5.45. The van der Waals surface area contributed by atoms with Gasteiger partial charge in [-0.1, -0.05) is 12.1 Å². The maximum absolute atomic E-state index is 12.7. The zero-order valence-corrected chi connectivity index (χ0v) is 11.4. The number of carbonyl (C=O) groups is 1. The lowest BCUT2D eigenvalue weighted by Crippen LogP contribution is -2.43. The number of rotatable bonds is 1. The Hall–Kier alpha value is -1.16. The summed E-state index contributed by atoms with van der Waals surface area (Å²) in [6.45, 7) is 2.85. The molecule has 4 heteroatoms. The second-order valence-corrected chi connectivity index (χ2v) is 6.84. The van der Waals surface area contributed by atoms with Gasteiger partial charge >= 0.3 is 0 Å². The Morgan fingerprint density at radius 2 is 2.33 bits per heavy atom. The third kappa shape index (κ3) is 1.70. The van der Waals surface area contributed by atoms with Gasteiger partial charge in [-0.15, -0.1) is 11.8 Å². The second-order valence-electron chi connectivity index (χ2n) is 5.24. The molecule has 1 aromatic rings. The maximum atomic E-state index is 12.7. The van der Waals surface area contributed by atoms with Crippen molar-refractivity contribution in [1.82, 2.24) is 0 Å². The number of hydrogen-bond donors (Lipinski definition) is 1. The van der Waals surface area contributed by atoms with Gasteiger partial charge in [-0.3, -0.25) is 4.79 Å².